The average molecular weight is 384 g/mol. The first-order chi connectivity index (χ1) is 13.4. The van der Waals surface area contributed by atoms with Crippen molar-refractivity contribution < 1.29 is 19.1 Å². The van der Waals surface area contributed by atoms with Crippen molar-refractivity contribution in [2.75, 3.05) is 31.0 Å². The molecule has 0 unspecified atom stereocenters. The molecule has 0 bridgehead atoms. The molecule has 2 aromatic rings. The van der Waals surface area contributed by atoms with Gasteiger partial charge in [-0.15, -0.1) is 0 Å². The predicted octanol–water partition coefficient (Wildman–Crippen LogP) is 4.21. The molecule has 2 aromatic carbocycles. The zero-order valence-corrected chi connectivity index (χ0v) is 17.1. The molecule has 2 rings (SSSR count). The lowest BCUT2D eigenvalue weighted by molar-refractivity contribution is -0.117. The van der Waals surface area contributed by atoms with E-state index in [0.29, 0.717) is 23.1 Å². The van der Waals surface area contributed by atoms with E-state index in [-0.39, 0.29) is 24.8 Å². The molecule has 1 N–H and O–H groups in total. The van der Waals surface area contributed by atoms with Gasteiger partial charge in [0, 0.05) is 37.3 Å². The Balaban J connectivity index is 2.10. The van der Waals surface area contributed by atoms with Crippen LogP contribution in [0.5, 0.6) is 11.5 Å². The van der Waals surface area contributed by atoms with E-state index in [1.807, 2.05) is 24.3 Å². The van der Waals surface area contributed by atoms with Gasteiger partial charge in [0.15, 0.2) is 11.5 Å². The number of benzene rings is 2. The molecular weight excluding hydrogens is 356 g/mol. The van der Waals surface area contributed by atoms with Crippen LogP contribution in [0.3, 0.4) is 0 Å². The highest BCUT2D eigenvalue weighted by atomic mass is 16.5. The molecule has 0 spiro atoms. The molecule has 0 saturated heterocycles. The third kappa shape index (κ3) is 5.25. The Morgan fingerprint density at radius 1 is 1.04 bits per heavy atom. The van der Waals surface area contributed by atoms with E-state index in [1.54, 1.807) is 37.3 Å². The van der Waals surface area contributed by atoms with Crippen LogP contribution in [0.2, 0.25) is 0 Å². The zero-order valence-electron chi connectivity index (χ0n) is 17.1. The quantitative estimate of drug-likeness (QED) is 0.740. The summed E-state index contributed by atoms with van der Waals surface area (Å²) in [6, 6.07) is 13.0. The largest absolute Gasteiger partial charge is 0.493 e. The fourth-order valence-electron chi connectivity index (χ4n) is 3.00. The van der Waals surface area contributed by atoms with Crippen molar-refractivity contribution in [3.05, 3.63) is 48.0 Å². The van der Waals surface area contributed by atoms with Gasteiger partial charge in [0.2, 0.25) is 11.8 Å². The highest BCUT2D eigenvalue weighted by Gasteiger charge is 2.17. The monoisotopic (exact) mass is 384 g/mol. The summed E-state index contributed by atoms with van der Waals surface area (Å²) in [5.41, 5.74) is 2.54. The van der Waals surface area contributed by atoms with Crippen molar-refractivity contribution in [3.8, 4) is 11.5 Å². The molecular formula is C22H28N2O4. The zero-order chi connectivity index (χ0) is 20.7. The fourth-order valence-corrected chi connectivity index (χ4v) is 3.00. The van der Waals surface area contributed by atoms with E-state index in [4.69, 9.17) is 9.47 Å². The summed E-state index contributed by atoms with van der Waals surface area (Å²) in [5.74, 6) is 1.12. The molecule has 2 amide bonds. The van der Waals surface area contributed by atoms with Gasteiger partial charge in [0.05, 0.1) is 14.2 Å². The second-order valence-electron chi connectivity index (χ2n) is 6.75. The van der Waals surface area contributed by atoms with E-state index in [1.165, 1.54) is 6.92 Å². The second-order valence-corrected chi connectivity index (χ2v) is 6.75. The van der Waals surface area contributed by atoms with Crippen molar-refractivity contribution in [3.63, 3.8) is 0 Å². The summed E-state index contributed by atoms with van der Waals surface area (Å²) in [6.45, 7) is 5.91. The van der Waals surface area contributed by atoms with Crippen molar-refractivity contribution in [2.45, 2.75) is 33.1 Å². The van der Waals surface area contributed by atoms with Crippen LogP contribution in [0.25, 0.3) is 0 Å². The number of para-hydroxylation sites is 1. The number of carbonyl (C=O) groups excluding carboxylic acids is 2. The number of hydrogen-bond donors (Lipinski definition) is 1. The summed E-state index contributed by atoms with van der Waals surface area (Å²) in [6.07, 6.45) is 0.181. The molecule has 28 heavy (non-hydrogen) atoms. The van der Waals surface area contributed by atoms with Gasteiger partial charge in [-0.25, -0.2) is 0 Å². The Kier molecular flexibility index (Phi) is 7.44. The fraction of sp³-hybridized carbons (Fsp3) is 0.364. The number of amides is 2. The Morgan fingerprint density at radius 3 is 2.32 bits per heavy atom. The minimum atomic E-state index is -0.150. The van der Waals surface area contributed by atoms with Crippen LogP contribution >= 0.6 is 0 Å². The molecule has 6 heteroatoms. The van der Waals surface area contributed by atoms with Crippen molar-refractivity contribution in [2.24, 2.45) is 0 Å². The van der Waals surface area contributed by atoms with E-state index in [2.05, 4.69) is 19.2 Å². The normalized spacial score (nSPS) is 10.5. The van der Waals surface area contributed by atoms with Gasteiger partial charge < -0.3 is 19.7 Å². The Labute approximate surface area is 166 Å². The molecule has 150 valence electrons. The van der Waals surface area contributed by atoms with Crippen LogP contribution in [-0.2, 0) is 9.59 Å². The van der Waals surface area contributed by atoms with E-state index < -0.39 is 0 Å². The molecule has 0 aliphatic rings. The number of rotatable bonds is 8. The van der Waals surface area contributed by atoms with Crippen LogP contribution < -0.4 is 19.7 Å². The molecule has 0 aliphatic carbocycles. The van der Waals surface area contributed by atoms with Crippen molar-refractivity contribution >= 4 is 23.2 Å². The number of anilines is 2. The molecule has 0 atom stereocenters. The SMILES string of the molecule is COc1ccc(N(CCC(=O)Nc2ccccc2C(C)C)C(C)=O)cc1OC. The number of carbonyl (C=O) groups is 2. The molecule has 0 saturated carbocycles. The van der Waals surface area contributed by atoms with Gasteiger partial charge in [0.25, 0.3) is 0 Å². The highest BCUT2D eigenvalue weighted by molar-refractivity contribution is 5.95. The smallest absolute Gasteiger partial charge is 0.226 e. The first-order valence-corrected chi connectivity index (χ1v) is 9.26. The van der Waals surface area contributed by atoms with Crippen LogP contribution in [0.4, 0.5) is 11.4 Å². The van der Waals surface area contributed by atoms with Gasteiger partial charge in [0.1, 0.15) is 0 Å². The maximum atomic E-state index is 12.5. The Morgan fingerprint density at radius 2 is 1.71 bits per heavy atom. The standard InChI is InChI=1S/C22H28N2O4/c1-15(2)18-8-6-7-9-19(18)23-22(26)12-13-24(16(3)25)17-10-11-20(27-4)21(14-17)28-5/h6-11,14-15H,12-13H2,1-5H3,(H,23,26). The second kappa shape index (κ2) is 9.78. The summed E-state index contributed by atoms with van der Waals surface area (Å²) in [5, 5.41) is 2.96. The average Bonchev–Trinajstić information content (AvgIpc) is 2.67. The lowest BCUT2D eigenvalue weighted by Crippen LogP contribution is -2.32. The highest BCUT2D eigenvalue weighted by Crippen LogP contribution is 2.31. The summed E-state index contributed by atoms with van der Waals surface area (Å²) in [4.78, 5) is 26.2. The maximum Gasteiger partial charge on any atom is 0.226 e. The topological polar surface area (TPSA) is 67.9 Å². The lowest BCUT2D eigenvalue weighted by atomic mass is 10.0. The maximum absolute atomic E-state index is 12.5. The third-order valence-electron chi connectivity index (χ3n) is 4.48. The summed E-state index contributed by atoms with van der Waals surface area (Å²) < 4.78 is 10.5. The molecule has 0 fully saturated rings. The lowest BCUT2D eigenvalue weighted by Gasteiger charge is -2.22. The first-order valence-electron chi connectivity index (χ1n) is 9.26. The van der Waals surface area contributed by atoms with Gasteiger partial charge in [-0.05, 0) is 29.7 Å². The number of methoxy groups -OCH3 is 2. The van der Waals surface area contributed by atoms with Gasteiger partial charge in [-0.2, -0.15) is 0 Å². The van der Waals surface area contributed by atoms with E-state index in [0.717, 1.165) is 11.3 Å². The molecule has 0 aromatic heterocycles. The minimum Gasteiger partial charge on any atom is -0.493 e. The number of ether oxygens (including phenoxy) is 2. The molecule has 0 heterocycles. The predicted molar refractivity (Wildman–Crippen MR) is 111 cm³/mol. The van der Waals surface area contributed by atoms with Gasteiger partial charge in [-0.1, -0.05) is 32.0 Å². The number of hydrogen-bond acceptors (Lipinski definition) is 4. The van der Waals surface area contributed by atoms with Crippen molar-refractivity contribution in [1.82, 2.24) is 0 Å². The van der Waals surface area contributed by atoms with Crippen LogP contribution in [0.15, 0.2) is 42.5 Å². The molecule has 6 nitrogen and oxygen atoms in total. The Bertz CT molecular complexity index is 833. The summed E-state index contributed by atoms with van der Waals surface area (Å²) in [7, 11) is 3.10. The first kappa shape index (κ1) is 21.3. The van der Waals surface area contributed by atoms with Crippen LogP contribution in [0.1, 0.15) is 38.7 Å². The minimum absolute atomic E-state index is 0.139. The number of nitrogens with zero attached hydrogens (tertiary/aromatic N) is 1. The summed E-state index contributed by atoms with van der Waals surface area (Å²) >= 11 is 0. The van der Waals surface area contributed by atoms with Crippen LogP contribution in [-0.4, -0.2) is 32.6 Å². The van der Waals surface area contributed by atoms with Crippen LogP contribution in [0, 0.1) is 0 Å². The van der Waals surface area contributed by atoms with E-state index in [9.17, 15) is 9.59 Å². The molecule has 0 aliphatic heterocycles. The Hall–Kier alpha value is -3.02. The van der Waals surface area contributed by atoms with E-state index >= 15 is 0 Å². The van der Waals surface area contributed by atoms with Crippen molar-refractivity contribution in [1.29, 1.82) is 0 Å². The number of nitrogens with one attached hydrogen (secondary N) is 1. The van der Waals surface area contributed by atoms with Gasteiger partial charge in [-0.3, -0.25) is 9.59 Å². The van der Waals surface area contributed by atoms with Gasteiger partial charge >= 0.3 is 0 Å². The molecule has 0 radical (unpaired) electrons. The third-order valence-corrected chi connectivity index (χ3v) is 4.48.